The van der Waals surface area contributed by atoms with Gasteiger partial charge in [-0.3, -0.25) is 0 Å². The molecule has 0 amide bonds. The molecule has 1 aromatic heterocycles. The van der Waals surface area contributed by atoms with Gasteiger partial charge >= 0.3 is 0 Å². The number of aromatic nitrogens is 1. The number of carbonyl (C=O) groups is 1. The monoisotopic (exact) mass is 354 g/mol. The maximum Gasteiger partial charge on any atom is 0.0858 e. The number of aromatic carboxylic acids is 1. The van der Waals surface area contributed by atoms with Crippen LogP contribution in [-0.4, -0.2) is 11.0 Å². The number of nitrogens with zero attached hydrogens (tertiary/aromatic N) is 1. The van der Waals surface area contributed by atoms with E-state index in [1.54, 1.807) is 6.92 Å². The van der Waals surface area contributed by atoms with Crippen LogP contribution < -0.4 is 5.11 Å². The number of carboxylic acid groups (broad SMARTS) is 1. The van der Waals surface area contributed by atoms with Crippen LogP contribution in [0.25, 0.3) is 22.2 Å². The van der Waals surface area contributed by atoms with Gasteiger partial charge in [-0.15, -0.1) is 0 Å². The van der Waals surface area contributed by atoms with Gasteiger partial charge in [-0.05, 0) is 53.0 Å². The summed E-state index contributed by atoms with van der Waals surface area (Å²) in [5, 5.41) is 12.3. The highest BCUT2D eigenvalue weighted by Gasteiger charge is 2.16. The molecule has 110 valence electrons. The summed E-state index contributed by atoms with van der Waals surface area (Å²) in [6.07, 6.45) is 0. The molecule has 0 aliphatic carbocycles. The van der Waals surface area contributed by atoms with Crippen LogP contribution in [0.5, 0.6) is 0 Å². The molecule has 0 aliphatic rings. The third-order valence-electron chi connectivity index (χ3n) is 3.68. The van der Waals surface area contributed by atoms with Gasteiger partial charge < -0.3 is 9.90 Å². The van der Waals surface area contributed by atoms with E-state index in [2.05, 4.69) is 15.9 Å². The van der Waals surface area contributed by atoms with E-state index < -0.39 is 5.97 Å². The normalized spacial score (nSPS) is 10.9. The first-order chi connectivity index (χ1) is 10.5. The highest BCUT2D eigenvalue weighted by atomic mass is 79.9. The molecule has 0 saturated carbocycles. The van der Waals surface area contributed by atoms with Crippen molar-refractivity contribution in [1.82, 2.24) is 4.98 Å². The Balaban J connectivity index is 2.47. The minimum absolute atomic E-state index is 0.202. The first-order valence-corrected chi connectivity index (χ1v) is 7.65. The smallest absolute Gasteiger partial charge is 0.0858 e. The zero-order chi connectivity index (χ0) is 15.9. The van der Waals surface area contributed by atoms with Gasteiger partial charge in [0.2, 0.25) is 0 Å². The lowest BCUT2D eigenvalue weighted by Crippen LogP contribution is -2.24. The predicted octanol–water partition coefficient (Wildman–Crippen LogP) is 3.64. The summed E-state index contributed by atoms with van der Waals surface area (Å²) < 4.78 is 0.780. The molecular formula is C18H13BrNO2-. The molecule has 0 radical (unpaired) electrons. The van der Waals surface area contributed by atoms with E-state index in [4.69, 9.17) is 4.98 Å². The Hall–Kier alpha value is -2.20. The van der Waals surface area contributed by atoms with Crippen LogP contribution in [0.15, 0.2) is 46.9 Å². The second-order valence-electron chi connectivity index (χ2n) is 5.26. The van der Waals surface area contributed by atoms with Gasteiger partial charge in [-0.1, -0.05) is 30.3 Å². The molecule has 0 atom stereocenters. The molecule has 0 aliphatic heterocycles. The number of pyridine rings is 1. The summed E-state index contributed by atoms with van der Waals surface area (Å²) in [5.74, 6) is -1.18. The number of hydrogen-bond donors (Lipinski definition) is 0. The Kier molecular flexibility index (Phi) is 3.71. The SMILES string of the molecule is Cc1cc(Br)c2nc(-c3ccccc3)c(C)c(C(=O)[O-])c2c1. The van der Waals surface area contributed by atoms with Crippen LogP contribution in [0.1, 0.15) is 21.5 Å². The molecule has 1 heterocycles. The Morgan fingerprint density at radius 1 is 1.14 bits per heavy atom. The molecule has 0 spiro atoms. The van der Waals surface area contributed by atoms with Crippen LogP contribution in [0.2, 0.25) is 0 Å². The molecule has 3 aromatic rings. The molecule has 2 aromatic carbocycles. The van der Waals surface area contributed by atoms with Crippen LogP contribution in [0.4, 0.5) is 0 Å². The van der Waals surface area contributed by atoms with Crippen molar-refractivity contribution in [3.8, 4) is 11.3 Å². The summed E-state index contributed by atoms with van der Waals surface area (Å²) >= 11 is 3.49. The van der Waals surface area contributed by atoms with E-state index in [9.17, 15) is 9.90 Å². The predicted molar refractivity (Wildman–Crippen MR) is 88.7 cm³/mol. The van der Waals surface area contributed by atoms with Crippen LogP contribution in [0, 0.1) is 13.8 Å². The summed E-state index contributed by atoms with van der Waals surface area (Å²) in [7, 11) is 0. The molecule has 0 bridgehead atoms. The van der Waals surface area contributed by atoms with Gasteiger partial charge in [-0.25, -0.2) is 4.98 Å². The number of carbonyl (C=O) groups excluding carboxylic acids is 1. The van der Waals surface area contributed by atoms with E-state index in [0.717, 1.165) is 15.6 Å². The topological polar surface area (TPSA) is 53.0 Å². The van der Waals surface area contributed by atoms with Gasteiger partial charge in [0, 0.05) is 21.0 Å². The number of benzene rings is 2. The Labute approximate surface area is 136 Å². The minimum Gasteiger partial charge on any atom is -0.545 e. The Morgan fingerprint density at radius 3 is 2.45 bits per heavy atom. The van der Waals surface area contributed by atoms with E-state index in [-0.39, 0.29) is 5.56 Å². The van der Waals surface area contributed by atoms with Gasteiger partial charge in [0.1, 0.15) is 0 Å². The average molecular weight is 355 g/mol. The summed E-state index contributed by atoms with van der Waals surface area (Å²) in [6, 6.07) is 13.3. The summed E-state index contributed by atoms with van der Waals surface area (Å²) in [5.41, 5.74) is 3.97. The second kappa shape index (κ2) is 5.54. The quantitative estimate of drug-likeness (QED) is 0.705. The van der Waals surface area contributed by atoms with Crippen molar-refractivity contribution >= 4 is 32.8 Å². The standard InChI is InChI=1S/C18H14BrNO2/c1-10-8-13-15(18(21)22)11(2)16(12-6-4-3-5-7-12)20-17(13)14(19)9-10/h3-9H,1-2H3,(H,21,22)/p-1. The van der Waals surface area contributed by atoms with Crippen LogP contribution in [0.3, 0.4) is 0 Å². The summed E-state index contributed by atoms with van der Waals surface area (Å²) in [6.45, 7) is 3.69. The molecule has 3 nitrogen and oxygen atoms in total. The number of hydrogen-bond acceptors (Lipinski definition) is 3. The van der Waals surface area contributed by atoms with Gasteiger partial charge in [0.05, 0.1) is 17.2 Å². The molecule has 0 saturated heterocycles. The fourth-order valence-corrected chi connectivity index (χ4v) is 3.36. The van der Waals surface area contributed by atoms with Crippen LogP contribution >= 0.6 is 15.9 Å². The molecule has 22 heavy (non-hydrogen) atoms. The maximum atomic E-state index is 11.7. The molecule has 0 N–H and O–H groups in total. The van der Waals surface area contributed by atoms with Gasteiger partial charge in [0.15, 0.2) is 0 Å². The van der Waals surface area contributed by atoms with Crippen molar-refractivity contribution in [2.24, 2.45) is 0 Å². The maximum absolute atomic E-state index is 11.7. The number of carboxylic acids is 1. The highest BCUT2D eigenvalue weighted by Crippen LogP contribution is 2.33. The summed E-state index contributed by atoms with van der Waals surface area (Å²) in [4.78, 5) is 16.4. The van der Waals surface area contributed by atoms with Crippen molar-refractivity contribution < 1.29 is 9.90 Å². The van der Waals surface area contributed by atoms with E-state index in [1.165, 1.54) is 0 Å². The van der Waals surface area contributed by atoms with Crippen molar-refractivity contribution in [2.45, 2.75) is 13.8 Å². The fraction of sp³-hybridized carbons (Fsp3) is 0.111. The van der Waals surface area contributed by atoms with E-state index in [0.29, 0.717) is 22.2 Å². The minimum atomic E-state index is -1.18. The first kappa shape index (κ1) is 14.7. The third kappa shape index (κ3) is 2.40. The van der Waals surface area contributed by atoms with Crippen molar-refractivity contribution in [2.75, 3.05) is 0 Å². The molecular weight excluding hydrogens is 342 g/mol. The lowest BCUT2D eigenvalue weighted by atomic mass is 9.97. The first-order valence-electron chi connectivity index (χ1n) is 6.86. The average Bonchev–Trinajstić information content (AvgIpc) is 2.47. The second-order valence-corrected chi connectivity index (χ2v) is 6.11. The zero-order valence-corrected chi connectivity index (χ0v) is 13.8. The molecule has 4 heteroatoms. The van der Waals surface area contributed by atoms with Crippen molar-refractivity contribution in [3.63, 3.8) is 0 Å². The zero-order valence-electron chi connectivity index (χ0n) is 12.2. The Bertz CT molecular complexity index is 889. The van der Waals surface area contributed by atoms with Crippen LogP contribution in [-0.2, 0) is 0 Å². The largest absolute Gasteiger partial charge is 0.545 e. The number of rotatable bonds is 2. The Morgan fingerprint density at radius 2 is 1.82 bits per heavy atom. The third-order valence-corrected chi connectivity index (χ3v) is 4.29. The molecule has 3 rings (SSSR count). The van der Waals surface area contributed by atoms with Gasteiger partial charge in [0.25, 0.3) is 0 Å². The fourth-order valence-electron chi connectivity index (χ4n) is 2.69. The van der Waals surface area contributed by atoms with E-state index >= 15 is 0 Å². The number of halogens is 1. The lowest BCUT2D eigenvalue weighted by Gasteiger charge is -2.16. The molecule has 0 unspecified atom stereocenters. The lowest BCUT2D eigenvalue weighted by molar-refractivity contribution is -0.254. The van der Waals surface area contributed by atoms with Crippen molar-refractivity contribution in [1.29, 1.82) is 0 Å². The molecule has 0 fully saturated rings. The highest BCUT2D eigenvalue weighted by molar-refractivity contribution is 9.10. The van der Waals surface area contributed by atoms with E-state index in [1.807, 2.05) is 49.4 Å². The number of fused-ring (bicyclic) bond motifs is 1. The van der Waals surface area contributed by atoms with Crippen molar-refractivity contribution in [3.05, 3.63) is 63.6 Å². The van der Waals surface area contributed by atoms with Gasteiger partial charge in [-0.2, -0.15) is 0 Å². The number of aryl methyl sites for hydroxylation is 1.